The summed E-state index contributed by atoms with van der Waals surface area (Å²) >= 11 is 3.38. The Hall–Kier alpha value is -3.77. The molecule has 0 aliphatic heterocycles. The van der Waals surface area contributed by atoms with Gasteiger partial charge < -0.3 is 15.6 Å². The first-order chi connectivity index (χ1) is 16.7. The van der Waals surface area contributed by atoms with Crippen molar-refractivity contribution < 1.29 is 9.84 Å². The average molecular weight is 532 g/mol. The Morgan fingerprint density at radius 1 is 0.800 bits per heavy atom. The van der Waals surface area contributed by atoms with Gasteiger partial charge in [0.2, 0.25) is 0 Å². The van der Waals surface area contributed by atoms with Crippen molar-refractivity contribution in [3.05, 3.63) is 112 Å². The van der Waals surface area contributed by atoms with E-state index in [-0.39, 0.29) is 5.75 Å². The molecule has 35 heavy (non-hydrogen) atoms. The van der Waals surface area contributed by atoms with Gasteiger partial charge in [-0.1, -0.05) is 35.9 Å². The number of aromatic hydroxyl groups is 1. The van der Waals surface area contributed by atoms with E-state index in [2.05, 4.69) is 46.2 Å². The number of anilines is 1. The van der Waals surface area contributed by atoms with E-state index in [0.29, 0.717) is 0 Å². The Labute approximate surface area is 214 Å². The summed E-state index contributed by atoms with van der Waals surface area (Å²) in [5.74, 6) is 1.15. The number of fused-ring (bicyclic) bond motifs is 1. The minimum absolute atomic E-state index is 0.265. The highest BCUT2D eigenvalue weighted by Gasteiger charge is 2.02. The molecule has 180 valence electrons. The van der Waals surface area contributed by atoms with Crippen LogP contribution in [0.3, 0.4) is 0 Å². The summed E-state index contributed by atoms with van der Waals surface area (Å²) in [6, 6.07) is 27.0. The van der Waals surface area contributed by atoms with E-state index in [1.54, 1.807) is 19.2 Å². The summed E-state index contributed by atoms with van der Waals surface area (Å²) in [6.45, 7) is 6.14. The number of benzene rings is 4. The molecule has 4 aromatic carbocycles. The lowest BCUT2D eigenvalue weighted by atomic mass is 10.2. The van der Waals surface area contributed by atoms with E-state index in [9.17, 15) is 5.11 Å². The molecule has 0 bridgehead atoms. The summed E-state index contributed by atoms with van der Waals surface area (Å²) in [5, 5.41) is 14.9. The van der Waals surface area contributed by atoms with E-state index in [1.807, 2.05) is 79.3 Å². The van der Waals surface area contributed by atoms with E-state index in [0.717, 1.165) is 32.5 Å². The first-order valence-corrected chi connectivity index (χ1v) is 11.9. The van der Waals surface area contributed by atoms with Crippen molar-refractivity contribution in [2.24, 2.45) is 0 Å². The number of aryl methyl sites for hydroxylation is 3. The van der Waals surface area contributed by atoms with Crippen molar-refractivity contribution in [2.75, 3.05) is 12.8 Å². The highest BCUT2D eigenvalue weighted by molar-refractivity contribution is 9.10. The minimum atomic E-state index is 0.265. The number of nitrogen functional groups attached to an aromatic ring is 1. The third-order valence-electron chi connectivity index (χ3n) is 5.16. The number of nitrogens with two attached hydrogens (primary N) is 1. The standard InChI is InChI=1S/C14H12N2O.C8H9BrO.C7H9N/c1-10-2-3-11-9-16(15-14(11)8-10)12-4-6-13(17)7-5-12;1-6-3-4-8(10-2)7(9)5-6;1-6-2-4-7(8)5-3-6/h2-9,17H,1H3;3-5H,1-2H3;2-5H,8H2,1H3. The van der Waals surface area contributed by atoms with Gasteiger partial charge in [-0.25, -0.2) is 4.68 Å². The van der Waals surface area contributed by atoms with Crippen LogP contribution >= 0.6 is 15.9 Å². The fraction of sp³-hybridized carbons (Fsp3) is 0.138. The van der Waals surface area contributed by atoms with Crippen LogP contribution < -0.4 is 10.5 Å². The Balaban J connectivity index is 0.000000162. The van der Waals surface area contributed by atoms with Crippen LogP contribution in [0.5, 0.6) is 11.5 Å². The molecule has 0 fully saturated rings. The van der Waals surface area contributed by atoms with Gasteiger partial charge in [-0.05, 0) is 102 Å². The smallest absolute Gasteiger partial charge is 0.133 e. The number of hydrogen-bond acceptors (Lipinski definition) is 4. The van der Waals surface area contributed by atoms with Crippen molar-refractivity contribution in [1.82, 2.24) is 9.78 Å². The minimum Gasteiger partial charge on any atom is -0.508 e. The van der Waals surface area contributed by atoms with Crippen LogP contribution in [0.4, 0.5) is 5.69 Å². The molecule has 6 heteroatoms. The highest BCUT2D eigenvalue weighted by Crippen LogP contribution is 2.24. The quantitative estimate of drug-likeness (QED) is 0.233. The van der Waals surface area contributed by atoms with Gasteiger partial charge in [-0.3, -0.25) is 0 Å². The zero-order valence-electron chi connectivity index (χ0n) is 20.4. The van der Waals surface area contributed by atoms with Crippen molar-refractivity contribution in [2.45, 2.75) is 20.8 Å². The lowest BCUT2D eigenvalue weighted by molar-refractivity contribution is 0.412. The topological polar surface area (TPSA) is 73.3 Å². The highest BCUT2D eigenvalue weighted by atomic mass is 79.9. The van der Waals surface area contributed by atoms with Gasteiger partial charge in [0, 0.05) is 17.3 Å². The Kier molecular flexibility index (Phi) is 8.92. The maximum Gasteiger partial charge on any atom is 0.133 e. The van der Waals surface area contributed by atoms with Crippen molar-refractivity contribution >= 4 is 32.5 Å². The van der Waals surface area contributed by atoms with Crippen LogP contribution in [0, 0.1) is 20.8 Å². The molecule has 1 heterocycles. The van der Waals surface area contributed by atoms with Gasteiger partial charge >= 0.3 is 0 Å². The molecule has 0 amide bonds. The average Bonchev–Trinajstić information content (AvgIpc) is 3.25. The third-order valence-corrected chi connectivity index (χ3v) is 5.78. The SMILES string of the molecule is COc1ccc(C)cc1Br.Cc1ccc(N)cc1.Cc1ccc2cn(-c3ccc(O)cc3)nc2c1. The maximum atomic E-state index is 9.25. The molecule has 0 saturated carbocycles. The summed E-state index contributed by atoms with van der Waals surface area (Å²) in [5.41, 5.74) is 11.9. The van der Waals surface area contributed by atoms with Crippen molar-refractivity contribution in [3.8, 4) is 17.2 Å². The number of nitrogens with zero attached hydrogens (tertiary/aromatic N) is 2. The van der Waals surface area contributed by atoms with Crippen molar-refractivity contribution in [1.29, 1.82) is 0 Å². The van der Waals surface area contributed by atoms with Crippen LogP contribution in [-0.4, -0.2) is 22.0 Å². The number of ether oxygens (including phenoxy) is 1. The number of aromatic nitrogens is 2. The van der Waals surface area contributed by atoms with Gasteiger partial charge in [0.15, 0.2) is 0 Å². The molecule has 0 spiro atoms. The predicted molar refractivity (Wildman–Crippen MR) is 148 cm³/mol. The molecule has 0 atom stereocenters. The second-order valence-corrected chi connectivity index (χ2v) is 9.06. The fourth-order valence-corrected chi connectivity index (χ4v) is 3.86. The van der Waals surface area contributed by atoms with Gasteiger partial charge in [-0.2, -0.15) is 5.10 Å². The largest absolute Gasteiger partial charge is 0.508 e. The van der Waals surface area contributed by atoms with Gasteiger partial charge in [0.05, 0.1) is 22.8 Å². The monoisotopic (exact) mass is 531 g/mol. The second kappa shape index (κ2) is 12.1. The van der Waals surface area contributed by atoms with E-state index < -0.39 is 0 Å². The van der Waals surface area contributed by atoms with Gasteiger partial charge in [0.1, 0.15) is 11.5 Å². The molecule has 5 rings (SSSR count). The molecule has 0 aliphatic carbocycles. The first kappa shape index (κ1) is 25.8. The number of hydrogen-bond donors (Lipinski definition) is 2. The second-order valence-electron chi connectivity index (χ2n) is 8.20. The number of halogens is 1. The van der Waals surface area contributed by atoms with Crippen LogP contribution in [0.1, 0.15) is 16.7 Å². The van der Waals surface area contributed by atoms with Crippen molar-refractivity contribution in [3.63, 3.8) is 0 Å². The van der Waals surface area contributed by atoms with E-state index >= 15 is 0 Å². The molecule has 5 nitrogen and oxygen atoms in total. The summed E-state index contributed by atoms with van der Waals surface area (Å²) < 4.78 is 7.89. The molecule has 5 aromatic rings. The molecule has 0 saturated heterocycles. The summed E-state index contributed by atoms with van der Waals surface area (Å²) in [4.78, 5) is 0. The number of rotatable bonds is 2. The zero-order chi connectivity index (χ0) is 25.4. The maximum absolute atomic E-state index is 9.25. The summed E-state index contributed by atoms with van der Waals surface area (Å²) in [7, 11) is 1.66. The van der Waals surface area contributed by atoms with Gasteiger partial charge in [0.25, 0.3) is 0 Å². The van der Waals surface area contributed by atoms with E-state index in [4.69, 9.17) is 10.5 Å². The molecule has 0 unspecified atom stereocenters. The van der Waals surface area contributed by atoms with Crippen LogP contribution in [-0.2, 0) is 0 Å². The number of phenolic OH excluding ortho intramolecular Hbond substituents is 1. The summed E-state index contributed by atoms with van der Waals surface area (Å²) in [6.07, 6.45) is 1.99. The zero-order valence-corrected chi connectivity index (χ0v) is 22.0. The predicted octanol–water partition coefficient (Wildman–Crippen LogP) is 7.38. The first-order valence-electron chi connectivity index (χ1n) is 11.1. The molecular weight excluding hydrogens is 502 g/mol. The molecule has 0 aliphatic rings. The Morgan fingerprint density at radius 2 is 1.40 bits per heavy atom. The number of methoxy groups -OCH3 is 1. The van der Waals surface area contributed by atoms with Crippen LogP contribution in [0.15, 0.2) is 95.6 Å². The molecule has 0 radical (unpaired) electrons. The van der Waals surface area contributed by atoms with Crippen LogP contribution in [0.2, 0.25) is 0 Å². The molecular formula is C29H30BrN3O2. The van der Waals surface area contributed by atoms with E-state index in [1.165, 1.54) is 16.7 Å². The fourth-order valence-electron chi connectivity index (χ4n) is 3.20. The Bertz CT molecular complexity index is 1360. The number of phenols is 1. The Morgan fingerprint density at radius 3 is 2.00 bits per heavy atom. The lowest BCUT2D eigenvalue weighted by Crippen LogP contribution is -1.92. The molecule has 3 N–H and O–H groups in total. The van der Waals surface area contributed by atoms with Crippen LogP contribution in [0.25, 0.3) is 16.6 Å². The molecule has 1 aromatic heterocycles. The van der Waals surface area contributed by atoms with Gasteiger partial charge in [-0.15, -0.1) is 0 Å². The lowest BCUT2D eigenvalue weighted by Gasteiger charge is -2.02. The third kappa shape index (κ3) is 7.62. The normalized spacial score (nSPS) is 10.1.